The molecule has 2 N–H and O–H groups in total. The van der Waals surface area contributed by atoms with Crippen LogP contribution in [0.4, 0.5) is 0 Å². The Morgan fingerprint density at radius 1 is 1.57 bits per heavy atom. The Morgan fingerprint density at radius 2 is 2.29 bits per heavy atom. The summed E-state index contributed by atoms with van der Waals surface area (Å²) < 4.78 is 0. The summed E-state index contributed by atoms with van der Waals surface area (Å²) >= 11 is 0. The van der Waals surface area contributed by atoms with Crippen LogP contribution in [0, 0.1) is 0 Å². The van der Waals surface area contributed by atoms with Gasteiger partial charge in [0.05, 0.1) is 12.7 Å². The fourth-order valence-electron chi connectivity index (χ4n) is 2.06. The summed E-state index contributed by atoms with van der Waals surface area (Å²) in [5, 5.41) is 18.0. The molecule has 1 aliphatic heterocycles. The Morgan fingerprint density at radius 3 is 2.79 bits per heavy atom. The molecule has 2 atom stereocenters. The van der Waals surface area contributed by atoms with Gasteiger partial charge in [-0.2, -0.15) is 0 Å². The van der Waals surface area contributed by atoms with Crippen LogP contribution >= 0.6 is 0 Å². The first kappa shape index (κ1) is 11.9. The zero-order chi connectivity index (χ0) is 10.6. The van der Waals surface area contributed by atoms with Gasteiger partial charge in [-0.15, -0.1) is 0 Å². The van der Waals surface area contributed by atoms with Crippen LogP contribution in [-0.2, 0) is 0 Å². The fraction of sp³-hybridized carbons (Fsp3) is 1.00. The minimum absolute atomic E-state index is 0.148. The lowest BCUT2D eigenvalue weighted by Gasteiger charge is -2.26. The normalized spacial score (nSPS) is 25.9. The number of hydrogen-bond acceptors (Lipinski definition) is 4. The first-order valence-corrected chi connectivity index (χ1v) is 5.31. The quantitative estimate of drug-likeness (QED) is 0.623. The third-order valence-corrected chi connectivity index (χ3v) is 2.93. The highest BCUT2D eigenvalue weighted by molar-refractivity contribution is 4.79. The van der Waals surface area contributed by atoms with E-state index in [0.29, 0.717) is 12.6 Å². The second kappa shape index (κ2) is 5.66. The standard InChI is InChI=1S/C10H22N2O2/c1-11(7-10(14)8-13)6-9-4-3-5-12(9)2/h9-10,13-14H,3-8H2,1-2H3. The van der Waals surface area contributed by atoms with Crippen molar-refractivity contribution in [3.05, 3.63) is 0 Å². The van der Waals surface area contributed by atoms with Gasteiger partial charge in [-0.1, -0.05) is 0 Å². The molecule has 0 saturated carbocycles. The van der Waals surface area contributed by atoms with Gasteiger partial charge in [-0.05, 0) is 33.5 Å². The van der Waals surface area contributed by atoms with Crippen LogP contribution in [0.25, 0.3) is 0 Å². The lowest BCUT2D eigenvalue weighted by atomic mass is 10.2. The Hall–Kier alpha value is -0.160. The third kappa shape index (κ3) is 3.53. The van der Waals surface area contributed by atoms with Crippen LogP contribution in [0.5, 0.6) is 0 Å². The summed E-state index contributed by atoms with van der Waals surface area (Å²) in [6, 6.07) is 0.617. The van der Waals surface area contributed by atoms with Gasteiger partial charge in [0.15, 0.2) is 0 Å². The van der Waals surface area contributed by atoms with Gasteiger partial charge in [0.2, 0.25) is 0 Å². The van der Waals surface area contributed by atoms with E-state index in [9.17, 15) is 5.11 Å². The van der Waals surface area contributed by atoms with E-state index < -0.39 is 6.10 Å². The van der Waals surface area contributed by atoms with Gasteiger partial charge in [0, 0.05) is 19.1 Å². The molecule has 2 unspecified atom stereocenters. The van der Waals surface area contributed by atoms with Crippen molar-refractivity contribution in [1.29, 1.82) is 0 Å². The molecule has 0 aromatic rings. The molecular formula is C10H22N2O2. The average molecular weight is 202 g/mol. The maximum Gasteiger partial charge on any atom is 0.0897 e. The van der Waals surface area contributed by atoms with E-state index >= 15 is 0 Å². The van der Waals surface area contributed by atoms with E-state index in [2.05, 4.69) is 16.8 Å². The molecule has 0 spiro atoms. The van der Waals surface area contributed by atoms with Crippen LogP contribution in [0.1, 0.15) is 12.8 Å². The number of aliphatic hydroxyl groups excluding tert-OH is 2. The third-order valence-electron chi connectivity index (χ3n) is 2.93. The predicted octanol–water partition coefficient (Wildman–Crippen LogP) is -0.634. The van der Waals surface area contributed by atoms with Gasteiger partial charge in [-0.3, -0.25) is 0 Å². The van der Waals surface area contributed by atoms with E-state index in [1.54, 1.807) is 0 Å². The minimum Gasteiger partial charge on any atom is -0.394 e. The molecular weight excluding hydrogens is 180 g/mol. The van der Waals surface area contributed by atoms with E-state index in [-0.39, 0.29) is 6.61 Å². The molecule has 0 aromatic carbocycles. The first-order valence-electron chi connectivity index (χ1n) is 5.31. The van der Waals surface area contributed by atoms with Crippen LogP contribution < -0.4 is 0 Å². The van der Waals surface area contributed by atoms with Crippen molar-refractivity contribution in [2.75, 3.05) is 40.3 Å². The molecule has 4 heteroatoms. The molecule has 0 bridgehead atoms. The molecule has 14 heavy (non-hydrogen) atoms. The molecule has 0 amide bonds. The highest BCUT2D eigenvalue weighted by atomic mass is 16.3. The van der Waals surface area contributed by atoms with E-state index in [1.165, 1.54) is 19.4 Å². The zero-order valence-corrected chi connectivity index (χ0v) is 9.19. The molecule has 1 aliphatic rings. The fourth-order valence-corrected chi connectivity index (χ4v) is 2.06. The summed E-state index contributed by atoms with van der Waals surface area (Å²) in [6.07, 6.45) is 1.92. The Kier molecular flexibility index (Phi) is 4.81. The Labute approximate surface area is 86.1 Å². The largest absolute Gasteiger partial charge is 0.394 e. The van der Waals surface area contributed by atoms with Crippen LogP contribution in [0.2, 0.25) is 0 Å². The van der Waals surface area contributed by atoms with Crippen molar-refractivity contribution in [1.82, 2.24) is 9.80 Å². The van der Waals surface area contributed by atoms with Crippen LogP contribution in [0.3, 0.4) is 0 Å². The zero-order valence-electron chi connectivity index (χ0n) is 9.19. The smallest absolute Gasteiger partial charge is 0.0897 e. The summed E-state index contributed by atoms with van der Waals surface area (Å²) in [7, 11) is 4.14. The van der Waals surface area contributed by atoms with Crippen LogP contribution in [-0.4, -0.2) is 72.5 Å². The average Bonchev–Trinajstić information content (AvgIpc) is 2.51. The molecule has 1 rings (SSSR count). The van der Waals surface area contributed by atoms with Gasteiger partial charge in [-0.25, -0.2) is 0 Å². The lowest BCUT2D eigenvalue weighted by molar-refractivity contribution is 0.0608. The maximum absolute atomic E-state index is 9.26. The van der Waals surface area contributed by atoms with Crippen LogP contribution in [0.15, 0.2) is 0 Å². The SMILES string of the molecule is CN(CC(O)CO)CC1CCCN1C. The van der Waals surface area contributed by atoms with Gasteiger partial charge < -0.3 is 20.0 Å². The Bertz CT molecular complexity index is 166. The molecule has 0 radical (unpaired) electrons. The molecule has 4 nitrogen and oxygen atoms in total. The number of hydrogen-bond donors (Lipinski definition) is 2. The van der Waals surface area contributed by atoms with Gasteiger partial charge in [0.1, 0.15) is 0 Å². The Balaban J connectivity index is 2.22. The maximum atomic E-state index is 9.26. The van der Waals surface area contributed by atoms with E-state index in [1.807, 2.05) is 7.05 Å². The molecule has 84 valence electrons. The van der Waals surface area contributed by atoms with Crippen molar-refractivity contribution in [3.63, 3.8) is 0 Å². The number of nitrogens with zero attached hydrogens (tertiary/aromatic N) is 2. The number of likely N-dealkylation sites (tertiary alicyclic amines) is 1. The number of rotatable bonds is 5. The number of aliphatic hydroxyl groups is 2. The van der Waals surface area contributed by atoms with Gasteiger partial charge >= 0.3 is 0 Å². The summed E-state index contributed by atoms with van der Waals surface area (Å²) in [6.45, 7) is 2.57. The summed E-state index contributed by atoms with van der Waals surface area (Å²) in [4.78, 5) is 4.45. The molecule has 0 aliphatic carbocycles. The second-order valence-corrected chi connectivity index (χ2v) is 4.33. The predicted molar refractivity (Wildman–Crippen MR) is 56.2 cm³/mol. The highest BCUT2D eigenvalue weighted by Gasteiger charge is 2.22. The molecule has 1 fully saturated rings. The monoisotopic (exact) mass is 202 g/mol. The second-order valence-electron chi connectivity index (χ2n) is 4.33. The highest BCUT2D eigenvalue weighted by Crippen LogP contribution is 2.15. The molecule has 1 saturated heterocycles. The topological polar surface area (TPSA) is 46.9 Å². The summed E-state index contributed by atoms with van der Waals surface area (Å²) in [5.41, 5.74) is 0. The first-order chi connectivity index (χ1) is 6.63. The van der Waals surface area contributed by atoms with E-state index in [4.69, 9.17) is 5.11 Å². The summed E-state index contributed by atoms with van der Waals surface area (Å²) in [5.74, 6) is 0. The van der Waals surface area contributed by atoms with Crippen molar-refractivity contribution in [2.24, 2.45) is 0 Å². The minimum atomic E-state index is -0.605. The molecule has 0 aromatic heterocycles. The van der Waals surface area contributed by atoms with Crippen molar-refractivity contribution in [3.8, 4) is 0 Å². The number of likely N-dealkylation sites (N-methyl/N-ethyl adjacent to an activating group) is 2. The molecule has 1 heterocycles. The lowest BCUT2D eigenvalue weighted by Crippen LogP contribution is -2.40. The van der Waals surface area contributed by atoms with Crippen molar-refractivity contribution >= 4 is 0 Å². The van der Waals surface area contributed by atoms with Crippen molar-refractivity contribution < 1.29 is 10.2 Å². The van der Waals surface area contributed by atoms with Crippen molar-refractivity contribution in [2.45, 2.75) is 25.0 Å². The van der Waals surface area contributed by atoms with E-state index in [0.717, 1.165) is 6.54 Å². The van der Waals surface area contributed by atoms with Gasteiger partial charge in [0.25, 0.3) is 0 Å².